The van der Waals surface area contributed by atoms with Gasteiger partial charge in [-0.25, -0.2) is 14.8 Å². The molecule has 0 fully saturated rings. The average Bonchev–Trinajstić information content (AvgIpc) is 2.47. The molecule has 0 aliphatic heterocycles. The van der Waals surface area contributed by atoms with Crippen LogP contribution in [-0.2, 0) is 0 Å². The summed E-state index contributed by atoms with van der Waals surface area (Å²) in [5.41, 5.74) is 8.22. The van der Waals surface area contributed by atoms with E-state index >= 15 is 0 Å². The lowest BCUT2D eigenvalue weighted by atomic mass is 10.0. The number of anilines is 1. The van der Waals surface area contributed by atoms with Gasteiger partial charge in [0.1, 0.15) is 12.1 Å². The highest BCUT2D eigenvalue weighted by atomic mass is 16.4. The van der Waals surface area contributed by atoms with E-state index in [1.54, 1.807) is 12.3 Å². The number of carboxylic acids is 1. The Morgan fingerprint density at radius 3 is 2.75 bits per heavy atom. The number of pyridine rings is 1. The highest BCUT2D eigenvalue weighted by Crippen LogP contribution is 2.25. The number of nitrogens with two attached hydrogens (primary N) is 1. The molecule has 20 heavy (non-hydrogen) atoms. The summed E-state index contributed by atoms with van der Waals surface area (Å²) >= 11 is 0. The number of rotatable bonds is 2. The zero-order valence-electron chi connectivity index (χ0n) is 10.3. The molecule has 3 rings (SSSR count). The number of nitrogen functional groups attached to an aromatic ring is 1. The molecular weight excluding hydrogens is 256 g/mol. The monoisotopic (exact) mass is 266 g/mol. The van der Waals surface area contributed by atoms with Gasteiger partial charge in [0.15, 0.2) is 0 Å². The average molecular weight is 266 g/mol. The van der Waals surface area contributed by atoms with Crippen molar-refractivity contribution >= 4 is 22.7 Å². The topological polar surface area (TPSA) is 102 Å². The number of nitrogens with zero attached hydrogens (tertiary/aromatic N) is 3. The smallest absolute Gasteiger partial charge is 0.337 e. The van der Waals surface area contributed by atoms with E-state index < -0.39 is 5.97 Å². The van der Waals surface area contributed by atoms with Gasteiger partial charge in [-0.05, 0) is 23.8 Å². The van der Waals surface area contributed by atoms with Gasteiger partial charge < -0.3 is 10.8 Å². The molecule has 0 amide bonds. The van der Waals surface area contributed by atoms with Crippen molar-refractivity contribution in [3.8, 4) is 11.1 Å². The summed E-state index contributed by atoms with van der Waals surface area (Å²) in [6, 6.07) is 7.05. The van der Waals surface area contributed by atoms with Crippen LogP contribution < -0.4 is 5.73 Å². The maximum atomic E-state index is 11.0. The molecule has 0 unspecified atom stereocenters. The van der Waals surface area contributed by atoms with Crippen molar-refractivity contribution < 1.29 is 9.90 Å². The third-order valence-corrected chi connectivity index (χ3v) is 2.98. The molecule has 6 heteroatoms. The Kier molecular flexibility index (Phi) is 2.76. The van der Waals surface area contributed by atoms with Crippen LogP contribution in [0.2, 0.25) is 0 Å². The summed E-state index contributed by atoms with van der Waals surface area (Å²) in [4.78, 5) is 23.0. The minimum atomic E-state index is -1.01. The van der Waals surface area contributed by atoms with E-state index in [0.29, 0.717) is 11.4 Å². The summed E-state index contributed by atoms with van der Waals surface area (Å²) < 4.78 is 0. The standard InChI is InChI=1S/C14H10N4O2/c15-13-11-4-8(1-2-12(11)17-7-18-13)9-3-10(14(19)20)6-16-5-9/h1-7H,(H,19,20)(H2,15,17,18). The second-order valence-corrected chi connectivity index (χ2v) is 4.26. The van der Waals surface area contributed by atoms with Crippen LogP contribution in [0.4, 0.5) is 5.82 Å². The van der Waals surface area contributed by atoms with E-state index in [0.717, 1.165) is 16.5 Å². The Morgan fingerprint density at radius 1 is 1.10 bits per heavy atom. The van der Waals surface area contributed by atoms with Crippen LogP contribution in [0.5, 0.6) is 0 Å². The number of benzene rings is 1. The molecule has 0 aliphatic rings. The normalized spacial score (nSPS) is 10.6. The minimum absolute atomic E-state index is 0.139. The molecule has 0 radical (unpaired) electrons. The van der Waals surface area contributed by atoms with Gasteiger partial charge in [0.25, 0.3) is 0 Å². The van der Waals surface area contributed by atoms with Crippen molar-refractivity contribution in [3.63, 3.8) is 0 Å². The molecule has 0 saturated heterocycles. The summed E-state index contributed by atoms with van der Waals surface area (Å²) in [5.74, 6) is -0.623. The first kappa shape index (κ1) is 12.0. The molecular formula is C14H10N4O2. The zero-order chi connectivity index (χ0) is 14.1. The van der Waals surface area contributed by atoms with Gasteiger partial charge in [-0.3, -0.25) is 4.98 Å². The second-order valence-electron chi connectivity index (χ2n) is 4.26. The van der Waals surface area contributed by atoms with E-state index in [4.69, 9.17) is 10.8 Å². The summed E-state index contributed by atoms with van der Waals surface area (Å²) in [7, 11) is 0. The Balaban J connectivity index is 2.17. The van der Waals surface area contributed by atoms with E-state index in [1.807, 2.05) is 18.2 Å². The van der Waals surface area contributed by atoms with Gasteiger partial charge in [-0.1, -0.05) is 6.07 Å². The van der Waals surface area contributed by atoms with Crippen LogP contribution >= 0.6 is 0 Å². The van der Waals surface area contributed by atoms with E-state index in [-0.39, 0.29) is 5.56 Å². The van der Waals surface area contributed by atoms with Gasteiger partial charge in [0.2, 0.25) is 0 Å². The summed E-state index contributed by atoms with van der Waals surface area (Å²) in [6.45, 7) is 0. The Bertz CT molecular complexity index is 817. The van der Waals surface area contributed by atoms with Gasteiger partial charge in [0, 0.05) is 23.3 Å². The van der Waals surface area contributed by atoms with Crippen LogP contribution in [0, 0.1) is 0 Å². The lowest BCUT2D eigenvalue weighted by molar-refractivity contribution is 0.0696. The van der Waals surface area contributed by atoms with Crippen molar-refractivity contribution in [1.82, 2.24) is 15.0 Å². The van der Waals surface area contributed by atoms with Crippen LogP contribution in [-0.4, -0.2) is 26.0 Å². The molecule has 0 atom stereocenters. The van der Waals surface area contributed by atoms with Gasteiger partial charge >= 0.3 is 5.97 Å². The first-order valence-electron chi connectivity index (χ1n) is 5.84. The Hall–Kier alpha value is -3.02. The number of fused-ring (bicyclic) bond motifs is 1. The molecule has 3 N–H and O–H groups in total. The molecule has 2 heterocycles. The molecule has 2 aromatic heterocycles. The number of carbonyl (C=O) groups is 1. The maximum Gasteiger partial charge on any atom is 0.337 e. The summed E-state index contributed by atoms with van der Waals surface area (Å²) in [6.07, 6.45) is 4.32. The SMILES string of the molecule is Nc1ncnc2ccc(-c3cncc(C(=O)O)c3)cc12. The van der Waals surface area contributed by atoms with Crippen LogP contribution in [0.3, 0.4) is 0 Å². The van der Waals surface area contributed by atoms with E-state index in [9.17, 15) is 4.79 Å². The van der Waals surface area contributed by atoms with Crippen LogP contribution in [0.15, 0.2) is 43.0 Å². The van der Waals surface area contributed by atoms with E-state index in [2.05, 4.69) is 15.0 Å². The molecule has 0 spiro atoms. The molecule has 0 aliphatic carbocycles. The molecule has 1 aromatic carbocycles. The fraction of sp³-hybridized carbons (Fsp3) is 0. The molecule has 6 nitrogen and oxygen atoms in total. The van der Waals surface area contributed by atoms with Crippen LogP contribution in [0.1, 0.15) is 10.4 Å². The number of aromatic nitrogens is 3. The fourth-order valence-electron chi connectivity index (χ4n) is 1.97. The highest BCUT2D eigenvalue weighted by Gasteiger charge is 2.07. The quantitative estimate of drug-likeness (QED) is 0.735. The predicted molar refractivity (Wildman–Crippen MR) is 74.1 cm³/mol. The largest absolute Gasteiger partial charge is 0.478 e. The lowest BCUT2D eigenvalue weighted by Gasteiger charge is -2.05. The molecule has 0 saturated carbocycles. The molecule has 0 bridgehead atoms. The summed E-state index contributed by atoms with van der Waals surface area (Å²) in [5, 5.41) is 9.72. The maximum absolute atomic E-state index is 11.0. The van der Waals surface area contributed by atoms with Crippen molar-refractivity contribution in [2.24, 2.45) is 0 Å². The highest BCUT2D eigenvalue weighted by molar-refractivity contribution is 5.93. The third kappa shape index (κ3) is 2.03. The molecule has 98 valence electrons. The zero-order valence-corrected chi connectivity index (χ0v) is 10.3. The first-order valence-corrected chi connectivity index (χ1v) is 5.84. The van der Waals surface area contributed by atoms with Crippen molar-refractivity contribution in [3.05, 3.63) is 48.5 Å². The number of hydrogen-bond acceptors (Lipinski definition) is 5. The van der Waals surface area contributed by atoms with Crippen molar-refractivity contribution in [2.45, 2.75) is 0 Å². The number of hydrogen-bond donors (Lipinski definition) is 2. The fourth-order valence-corrected chi connectivity index (χ4v) is 1.97. The predicted octanol–water partition coefficient (Wildman–Crippen LogP) is 1.97. The minimum Gasteiger partial charge on any atom is -0.478 e. The Labute approximate surface area is 113 Å². The van der Waals surface area contributed by atoms with Gasteiger partial charge in [-0.2, -0.15) is 0 Å². The van der Waals surface area contributed by atoms with E-state index in [1.165, 1.54) is 12.5 Å². The van der Waals surface area contributed by atoms with Crippen molar-refractivity contribution in [2.75, 3.05) is 5.73 Å². The molecule has 3 aromatic rings. The second kappa shape index (κ2) is 4.58. The lowest BCUT2D eigenvalue weighted by Crippen LogP contribution is -1.97. The number of carboxylic acid groups (broad SMARTS) is 1. The van der Waals surface area contributed by atoms with Gasteiger partial charge in [-0.15, -0.1) is 0 Å². The number of aromatic carboxylic acids is 1. The third-order valence-electron chi connectivity index (χ3n) is 2.98. The van der Waals surface area contributed by atoms with Crippen LogP contribution in [0.25, 0.3) is 22.0 Å². The van der Waals surface area contributed by atoms with Crippen molar-refractivity contribution in [1.29, 1.82) is 0 Å². The first-order chi connectivity index (χ1) is 9.65. The Morgan fingerprint density at radius 2 is 1.95 bits per heavy atom. The van der Waals surface area contributed by atoms with Gasteiger partial charge in [0.05, 0.1) is 11.1 Å².